The van der Waals surface area contributed by atoms with Crippen molar-refractivity contribution < 1.29 is 23.9 Å². The van der Waals surface area contributed by atoms with Crippen molar-refractivity contribution in [3.63, 3.8) is 0 Å². The van der Waals surface area contributed by atoms with E-state index in [1.54, 1.807) is 12.1 Å². The van der Waals surface area contributed by atoms with E-state index in [1.807, 2.05) is 0 Å². The lowest BCUT2D eigenvalue weighted by Gasteiger charge is -2.42. The molecule has 0 aromatic heterocycles. The third-order valence-electron chi connectivity index (χ3n) is 3.33. The Bertz CT molecular complexity index is 599. The highest BCUT2D eigenvalue weighted by molar-refractivity contribution is 6.10. The Balaban J connectivity index is 1.93. The number of nitrogens with one attached hydrogen (secondary N) is 1. The maximum absolute atomic E-state index is 12.0. The first-order valence-corrected chi connectivity index (χ1v) is 5.79. The summed E-state index contributed by atoms with van der Waals surface area (Å²) in [7, 11) is 1.28. The summed E-state index contributed by atoms with van der Waals surface area (Å²) in [5.41, 5.74) is -0.319. The number of Topliss-reactive ketones (excluding diaryl/α,β-unsaturated/α-hetero) is 1. The van der Waals surface area contributed by atoms with Gasteiger partial charge in [0.2, 0.25) is 5.60 Å². The van der Waals surface area contributed by atoms with Crippen LogP contribution in [0.5, 0.6) is 5.75 Å². The number of carbonyl (C=O) groups excluding carboxylic acids is 3. The number of rotatable bonds is 1. The van der Waals surface area contributed by atoms with Crippen molar-refractivity contribution in [1.29, 1.82) is 0 Å². The van der Waals surface area contributed by atoms with E-state index in [-0.39, 0.29) is 24.5 Å². The molecule has 1 aromatic carbocycles. The van der Waals surface area contributed by atoms with Crippen molar-refractivity contribution in [3.8, 4) is 5.75 Å². The normalized spacial score (nSPS) is 19.0. The van der Waals surface area contributed by atoms with Crippen LogP contribution >= 0.6 is 0 Å². The molecule has 98 valence electrons. The van der Waals surface area contributed by atoms with Crippen LogP contribution in [-0.2, 0) is 14.3 Å². The van der Waals surface area contributed by atoms with E-state index in [4.69, 9.17) is 4.74 Å². The second kappa shape index (κ2) is 3.81. The molecule has 1 aliphatic heterocycles. The van der Waals surface area contributed by atoms with Crippen LogP contribution < -0.4 is 10.1 Å². The van der Waals surface area contributed by atoms with Gasteiger partial charge in [0.25, 0.3) is 5.91 Å². The average Bonchev–Trinajstić information content (AvgIpc) is 2.36. The number of esters is 1. The summed E-state index contributed by atoms with van der Waals surface area (Å²) in [4.78, 5) is 34.4. The molecule has 1 fully saturated rings. The van der Waals surface area contributed by atoms with Crippen molar-refractivity contribution in [3.05, 3.63) is 23.8 Å². The van der Waals surface area contributed by atoms with E-state index in [9.17, 15) is 14.4 Å². The molecular weight excluding hydrogens is 250 g/mol. The standard InChI is InChI=1S/C13H11NO5/c1-18-11(16)7-2-3-10-9(4-7)14-12(17)13(19-10)5-8(15)6-13/h2-4H,5-6H2,1H3,(H,14,17). The number of benzene rings is 1. The molecule has 2 aliphatic rings. The molecule has 1 spiro atoms. The molecule has 1 saturated carbocycles. The van der Waals surface area contributed by atoms with E-state index in [0.29, 0.717) is 17.0 Å². The summed E-state index contributed by atoms with van der Waals surface area (Å²) in [6, 6.07) is 4.63. The molecule has 1 amide bonds. The fourth-order valence-electron chi connectivity index (χ4n) is 2.27. The third kappa shape index (κ3) is 1.68. The van der Waals surface area contributed by atoms with Gasteiger partial charge in [-0.3, -0.25) is 9.59 Å². The van der Waals surface area contributed by atoms with E-state index in [2.05, 4.69) is 10.1 Å². The maximum Gasteiger partial charge on any atom is 0.337 e. The molecule has 0 bridgehead atoms. The zero-order chi connectivity index (χ0) is 13.6. The lowest BCUT2D eigenvalue weighted by molar-refractivity contribution is -0.152. The summed E-state index contributed by atoms with van der Waals surface area (Å²) < 4.78 is 10.2. The van der Waals surface area contributed by atoms with Crippen LogP contribution in [0.4, 0.5) is 5.69 Å². The molecule has 19 heavy (non-hydrogen) atoms. The number of hydrogen-bond donors (Lipinski definition) is 1. The van der Waals surface area contributed by atoms with Crippen molar-refractivity contribution in [2.75, 3.05) is 12.4 Å². The fraction of sp³-hybridized carbons (Fsp3) is 0.308. The topological polar surface area (TPSA) is 81.7 Å². The highest BCUT2D eigenvalue weighted by atomic mass is 16.5. The van der Waals surface area contributed by atoms with Gasteiger partial charge in [-0.2, -0.15) is 0 Å². The van der Waals surface area contributed by atoms with Crippen LogP contribution in [-0.4, -0.2) is 30.4 Å². The summed E-state index contributed by atoms with van der Waals surface area (Å²) in [6.07, 6.45) is 0.189. The Morgan fingerprint density at radius 2 is 2.11 bits per heavy atom. The number of fused-ring (bicyclic) bond motifs is 1. The largest absolute Gasteiger partial charge is 0.474 e. The molecule has 1 aromatic rings. The molecule has 0 saturated heterocycles. The zero-order valence-electron chi connectivity index (χ0n) is 10.2. The first-order chi connectivity index (χ1) is 9.04. The molecule has 0 unspecified atom stereocenters. The van der Waals surface area contributed by atoms with Gasteiger partial charge in [-0.15, -0.1) is 0 Å². The van der Waals surface area contributed by atoms with E-state index < -0.39 is 11.6 Å². The second-order valence-corrected chi connectivity index (χ2v) is 4.65. The molecule has 0 radical (unpaired) electrons. The van der Waals surface area contributed by atoms with Crippen LogP contribution in [0.25, 0.3) is 0 Å². The second-order valence-electron chi connectivity index (χ2n) is 4.65. The van der Waals surface area contributed by atoms with Gasteiger partial charge < -0.3 is 14.8 Å². The van der Waals surface area contributed by atoms with E-state index in [1.165, 1.54) is 13.2 Å². The van der Waals surface area contributed by atoms with Crippen LogP contribution in [0.2, 0.25) is 0 Å². The van der Waals surface area contributed by atoms with Gasteiger partial charge in [0.1, 0.15) is 11.5 Å². The smallest absolute Gasteiger partial charge is 0.337 e. The van der Waals surface area contributed by atoms with Crippen molar-refractivity contribution in [2.45, 2.75) is 18.4 Å². The number of carbonyl (C=O) groups is 3. The SMILES string of the molecule is COC(=O)c1ccc2c(c1)NC(=O)C1(CC(=O)C1)O2. The van der Waals surface area contributed by atoms with E-state index in [0.717, 1.165) is 0 Å². The Morgan fingerprint density at radius 3 is 2.74 bits per heavy atom. The molecule has 6 nitrogen and oxygen atoms in total. The summed E-state index contributed by atoms with van der Waals surface area (Å²) in [5, 5.41) is 2.67. The zero-order valence-corrected chi connectivity index (χ0v) is 10.2. The predicted molar refractivity (Wildman–Crippen MR) is 64.0 cm³/mol. The molecular formula is C13H11NO5. The van der Waals surface area contributed by atoms with Gasteiger partial charge in [0, 0.05) is 0 Å². The first kappa shape index (κ1) is 11.7. The van der Waals surface area contributed by atoms with Crippen LogP contribution in [0.3, 0.4) is 0 Å². The summed E-state index contributed by atoms with van der Waals surface area (Å²) in [5.74, 6) is -0.373. The minimum Gasteiger partial charge on any atom is -0.474 e. The van der Waals surface area contributed by atoms with E-state index >= 15 is 0 Å². The van der Waals surface area contributed by atoms with Gasteiger partial charge in [-0.1, -0.05) is 0 Å². The number of methoxy groups -OCH3 is 1. The molecule has 1 heterocycles. The molecule has 6 heteroatoms. The van der Waals surface area contributed by atoms with Crippen molar-refractivity contribution in [2.24, 2.45) is 0 Å². The lowest BCUT2D eigenvalue weighted by atomic mass is 9.77. The fourth-order valence-corrected chi connectivity index (χ4v) is 2.27. The van der Waals surface area contributed by atoms with Gasteiger partial charge in [-0.25, -0.2) is 4.79 Å². The highest BCUT2D eigenvalue weighted by Gasteiger charge is 2.54. The monoisotopic (exact) mass is 261 g/mol. The average molecular weight is 261 g/mol. The van der Waals surface area contributed by atoms with Gasteiger partial charge in [0.05, 0.1) is 31.2 Å². The number of ether oxygens (including phenoxy) is 2. The Hall–Kier alpha value is -2.37. The van der Waals surface area contributed by atoms with Gasteiger partial charge in [-0.05, 0) is 18.2 Å². The summed E-state index contributed by atoms with van der Waals surface area (Å²) >= 11 is 0. The van der Waals surface area contributed by atoms with Crippen molar-refractivity contribution in [1.82, 2.24) is 0 Å². The molecule has 3 rings (SSSR count). The van der Waals surface area contributed by atoms with Crippen LogP contribution in [0.15, 0.2) is 18.2 Å². The number of anilines is 1. The first-order valence-electron chi connectivity index (χ1n) is 5.79. The number of ketones is 1. The minimum atomic E-state index is -1.06. The Morgan fingerprint density at radius 1 is 1.37 bits per heavy atom. The quantitative estimate of drug-likeness (QED) is 0.760. The summed E-state index contributed by atoms with van der Waals surface area (Å²) in [6.45, 7) is 0. The lowest BCUT2D eigenvalue weighted by Crippen LogP contribution is -2.59. The maximum atomic E-state index is 12.0. The number of hydrogen-bond acceptors (Lipinski definition) is 5. The Labute approximate surface area is 108 Å². The minimum absolute atomic E-state index is 0.00443. The molecule has 0 atom stereocenters. The van der Waals surface area contributed by atoms with Crippen molar-refractivity contribution >= 4 is 23.3 Å². The Kier molecular flexibility index (Phi) is 2.35. The van der Waals surface area contributed by atoms with Gasteiger partial charge >= 0.3 is 5.97 Å². The predicted octanol–water partition coefficient (Wildman–Crippen LogP) is 0.906. The number of amides is 1. The van der Waals surface area contributed by atoms with Gasteiger partial charge in [0.15, 0.2) is 0 Å². The third-order valence-corrected chi connectivity index (χ3v) is 3.33. The highest BCUT2D eigenvalue weighted by Crippen LogP contribution is 2.42. The van der Waals surface area contributed by atoms with Crippen LogP contribution in [0, 0.1) is 0 Å². The molecule has 1 aliphatic carbocycles. The van der Waals surface area contributed by atoms with Crippen LogP contribution in [0.1, 0.15) is 23.2 Å². The molecule has 1 N–H and O–H groups in total.